The first kappa shape index (κ1) is 9.71. The minimum absolute atomic E-state index is 0.188. The lowest BCUT2D eigenvalue weighted by Crippen LogP contribution is -2.11. The minimum Gasteiger partial charge on any atom is -0.330 e. The predicted molar refractivity (Wildman–Crippen MR) is 54.3 cm³/mol. The molecule has 0 saturated carbocycles. The second-order valence-electron chi connectivity index (χ2n) is 3.01. The summed E-state index contributed by atoms with van der Waals surface area (Å²) in [5, 5.41) is 2.09. The molecule has 0 spiro atoms. The molecule has 0 aromatic carbocycles. The van der Waals surface area contributed by atoms with Gasteiger partial charge in [0.1, 0.15) is 0 Å². The fraction of sp³-hybridized carbons (Fsp3) is 0.556. The standard InChI is InChI=1S/C9H16N2S/c1-7-4-6-12-9(7)8(11)3-2-5-10/h4,6,8H,2-3,5,10-11H2,1H3/t8-/m0/s1. The van der Waals surface area contributed by atoms with E-state index < -0.39 is 0 Å². The van der Waals surface area contributed by atoms with E-state index in [2.05, 4.69) is 18.4 Å². The van der Waals surface area contributed by atoms with Gasteiger partial charge in [-0.25, -0.2) is 0 Å². The Morgan fingerprint density at radius 2 is 2.33 bits per heavy atom. The Hall–Kier alpha value is -0.380. The minimum atomic E-state index is 0.188. The molecule has 0 fully saturated rings. The van der Waals surface area contributed by atoms with E-state index in [0.717, 1.165) is 19.4 Å². The molecular weight excluding hydrogens is 168 g/mol. The van der Waals surface area contributed by atoms with E-state index in [-0.39, 0.29) is 6.04 Å². The van der Waals surface area contributed by atoms with Crippen molar-refractivity contribution >= 4 is 11.3 Å². The van der Waals surface area contributed by atoms with Gasteiger partial charge in [-0.1, -0.05) is 0 Å². The molecular formula is C9H16N2S. The number of aryl methyl sites for hydroxylation is 1. The molecule has 1 atom stereocenters. The van der Waals surface area contributed by atoms with Gasteiger partial charge in [0.25, 0.3) is 0 Å². The maximum absolute atomic E-state index is 5.98. The molecule has 68 valence electrons. The van der Waals surface area contributed by atoms with Crippen LogP contribution in [0.3, 0.4) is 0 Å². The van der Waals surface area contributed by atoms with Crippen molar-refractivity contribution in [1.82, 2.24) is 0 Å². The molecule has 1 aromatic heterocycles. The van der Waals surface area contributed by atoms with Crippen LogP contribution in [0.15, 0.2) is 11.4 Å². The summed E-state index contributed by atoms with van der Waals surface area (Å²) in [7, 11) is 0. The van der Waals surface area contributed by atoms with E-state index in [9.17, 15) is 0 Å². The molecule has 0 radical (unpaired) electrons. The summed E-state index contributed by atoms with van der Waals surface area (Å²) in [6.07, 6.45) is 2.01. The average molecular weight is 184 g/mol. The van der Waals surface area contributed by atoms with Crippen molar-refractivity contribution in [2.24, 2.45) is 11.5 Å². The number of hydrogen-bond acceptors (Lipinski definition) is 3. The normalized spacial score (nSPS) is 13.2. The largest absolute Gasteiger partial charge is 0.330 e. The molecule has 4 N–H and O–H groups in total. The molecule has 0 aliphatic heterocycles. The first-order chi connectivity index (χ1) is 5.75. The van der Waals surface area contributed by atoms with E-state index in [1.54, 1.807) is 11.3 Å². The fourth-order valence-electron chi connectivity index (χ4n) is 1.23. The van der Waals surface area contributed by atoms with Crippen molar-refractivity contribution < 1.29 is 0 Å². The third kappa shape index (κ3) is 2.30. The van der Waals surface area contributed by atoms with Crippen LogP contribution in [0.2, 0.25) is 0 Å². The van der Waals surface area contributed by atoms with Crippen molar-refractivity contribution in [3.8, 4) is 0 Å². The number of hydrogen-bond donors (Lipinski definition) is 2. The van der Waals surface area contributed by atoms with Crippen LogP contribution < -0.4 is 11.5 Å². The van der Waals surface area contributed by atoms with Gasteiger partial charge < -0.3 is 11.5 Å². The van der Waals surface area contributed by atoms with Crippen LogP contribution >= 0.6 is 11.3 Å². The van der Waals surface area contributed by atoms with Gasteiger partial charge in [-0.3, -0.25) is 0 Å². The van der Waals surface area contributed by atoms with Crippen molar-refractivity contribution in [1.29, 1.82) is 0 Å². The number of rotatable bonds is 4. The molecule has 0 saturated heterocycles. The molecule has 0 aliphatic rings. The molecule has 1 aromatic rings. The third-order valence-corrected chi connectivity index (χ3v) is 3.11. The van der Waals surface area contributed by atoms with Crippen LogP contribution in [0.5, 0.6) is 0 Å². The molecule has 0 unspecified atom stereocenters. The number of nitrogens with two attached hydrogens (primary N) is 2. The lowest BCUT2D eigenvalue weighted by molar-refractivity contribution is 0.624. The predicted octanol–water partition coefficient (Wildman–Crippen LogP) is 1.80. The van der Waals surface area contributed by atoms with Crippen LogP contribution in [-0.4, -0.2) is 6.54 Å². The molecule has 1 heterocycles. The second kappa shape index (κ2) is 4.60. The Kier molecular flexibility index (Phi) is 3.72. The van der Waals surface area contributed by atoms with Crippen molar-refractivity contribution in [3.63, 3.8) is 0 Å². The summed E-state index contributed by atoms with van der Waals surface area (Å²) in [5.41, 5.74) is 12.7. The Morgan fingerprint density at radius 3 is 2.83 bits per heavy atom. The Bertz CT molecular complexity index is 232. The van der Waals surface area contributed by atoms with Crippen molar-refractivity contribution in [2.45, 2.75) is 25.8 Å². The maximum Gasteiger partial charge on any atom is 0.0392 e. The highest BCUT2D eigenvalue weighted by atomic mass is 32.1. The molecule has 1 rings (SSSR count). The smallest absolute Gasteiger partial charge is 0.0392 e. The first-order valence-electron chi connectivity index (χ1n) is 4.25. The Morgan fingerprint density at radius 1 is 1.58 bits per heavy atom. The second-order valence-corrected chi connectivity index (χ2v) is 3.95. The molecule has 0 amide bonds. The lowest BCUT2D eigenvalue weighted by atomic mass is 10.1. The van der Waals surface area contributed by atoms with E-state index in [0.29, 0.717) is 0 Å². The SMILES string of the molecule is Cc1ccsc1[C@@H](N)CCCN. The highest BCUT2D eigenvalue weighted by Crippen LogP contribution is 2.24. The molecule has 0 bridgehead atoms. The summed E-state index contributed by atoms with van der Waals surface area (Å²) < 4.78 is 0. The van der Waals surface area contributed by atoms with E-state index in [4.69, 9.17) is 11.5 Å². The van der Waals surface area contributed by atoms with E-state index >= 15 is 0 Å². The summed E-state index contributed by atoms with van der Waals surface area (Å²) in [5.74, 6) is 0. The summed E-state index contributed by atoms with van der Waals surface area (Å²) in [6.45, 7) is 2.84. The van der Waals surface area contributed by atoms with Gasteiger partial charge in [0.2, 0.25) is 0 Å². The van der Waals surface area contributed by atoms with Gasteiger partial charge >= 0.3 is 0 Å². The quantitative estimate of drug-likeness (QED) is 0.749. The lowest BCUT2D eigenvalue weighted by Gasteiger charge is -2.09. The molecule has 12 heavy (non-hydrogen) atoms. The average Bonchev–Trinajstić information content (AvgIpc) is 2.47. The van der Waals surface area contributed by atoms with Gasteiger partial charge in [-0.15, -0.1) is 11.3 Å². The van der Waals surface area contributed by atoms with Gasteiger partial charge in [0, 0.05) is 10.9 Å². The maximum atomic E-state index is 5.98. The summed E-state index contributed by atoms with van der Waals surface area (Å²) >= 11 is 1.74. The molecule has 0 aliphatic carbocycles. The zero-order valence-electron chi connectivity index (χ0n) is 7.42. The van der Waals surface area contributed by atoms with Crippen molar-refractivity contribution in [2.75, 3.05) is 6.54 Å². The van der Waals surface area contributed by atoms with Crippen LogP contribution in [0.25, 0.3) is 0 Å². The van der Waals surface area contributed by atoms with Gasteiger partial charge in [-0.2, -0.15) is 0 Å². The zero-order chi connectivity index (χ0) is 8.97. The fourth-order valence-corrected chi connectivity index (χ4v) is 2.20. The summed E-state index contributed by atoms with van der Waals surface area (Å²) in [4.78, 5) is 1.31. The Balaban J connectivity index is 2.52. The van der Waals surface area contributed by atoms with Gasteiger partial charge in [0.15, 0.2) is 0 Å². The zero-order valence-corrected chi connectivity index (χ0v) is 8.23. The highest BCUT2D eigenvalue weighted by molar-refractivity contribution is 7.10. The summed E-state index contributed by atoms with van der Waals surface area (Å²) in [6, 6.07) is 2.30. The van der Waals surface area contributed by atoms with E-state index in [1.165, 1.54) is 10.4 Å². The first-order valence-corrected chi connectivity index (χ1v) is 5.13. The molecule has 2 nitrogen and oxygen atoms in total. The van der Waals surface area contributed by atoms with E-state index in [1.807, 2.05) is 0 Å². The third-order valence-electron chi connectivity index (χ3n) is 1.96. The topological polar surface area (TPSA) is 52.0 Å². The van der Waals surface area contributed by atoms with Crippen LogP contribution in [-0.2, 0) is 0 Å². The van der Waals surface area contributed by atoms with Crippen LogP contribution in [0, 0.1) is 6.92 Å². The van der Waals surface area contributed by atoms with Crippen LogP contribution in [0.4, 0.5) is 0 Å². The molecule has 3 heteroatoms. The van der Waals surface area contributed by atoms with Gasteiger partial charge in [0.05, 0.1) is 0 Å². The van der Waals surface area contributed by atoms with Crippen molar-refractivity contribution in [3.05, 3.63) is 21.9 Å². The van der Waals surface area contributed by atoms with Gasteiger partial charge in [-0.05, 0) is 43.3 Å². The Labute approximate surface area is 77.6 Å². The van der Waals surface area contributed by atoms with Crippen LogP contribution in [0.1, 0.15) is 29.3 Å². The number of thiophene rings is 1. The highest BCUT2D eigenvalue weighted by Gasteiger charge is 2.08. The monoisotopic (exact) mass is 184 g/mol.